The van der Waals surface area contributed by atoms with Crippen LogP contribution in [0.3, 0.4) is 0 Å². The lowest BCUT2D eigenvalue weighted by molar-refractivity contribution is -0.0288. The van der Waals surface area contributed by atoms with E-state index >= 15 is 0 Å². The van der Waals surface area contributed by atoms with Gasteiger partial charge in [0, 0.05) is 12.2 Å². The highest BCUT2D eigenvalue weighted by atomic mass is 35.5. The van der Waals surface area contributed by atoms with Crippen LogP contribution in [0.25, 0.3) is 11.0 Å². The summed E-state index contributed by atoms with van der Waals surface area (Å²) >= 11 is 6.14. The summed E-state index contributed by atoms with van der Waals surface area (Å²) in [7, 11) is -9.10. The molecule has 15 heteroatoms. The van der Waals surface area contributed by atoms with Gasteiger partial charge in [0.15, 0.2) is 21.6 Å². The Labute approximate surface area is 194 Å². The summed E-state index contributed by atoms with van der Waals surface area (Å²) in [6.45, 7) is 0. The van der Waals surface area contributed by atoms with Crippen molar-refractivity contribution >= 4 is 45.9 Å². The number of hydrogen-bond acceptors (Lipinski definition) is 9. The Morgan fingerprint density at radius 1 is 1.18 bits per heavy atom. The Kier molecular flexibility index (Phi) is 5.77. The van der Waals surface area contributed by atoms with Gasteiger partial charge in [-0.1, -0.05) is 0 Å². The number of halogens is 1. The van der Waals surface area contributed by atoms with Crippen molar-refractivity contribution in [2.24, 2.45) is 11.8 Å². The van der Waals surface area contributed by atoms with Gasteiger partial charge in [-0.25, -0.2) is 13.4 Å². The zero-order chi connectivity index (χ0) is 23.7. The minimum absolute atomic E-state index is 0.0260. The Morgan fingerprint density at radius 2 is 1.88 bits per heavy atom. The van der Waals surface area contributed by atoms with Crippen LogP contribution in [0, 0.1) is 11.8 Å². The summed E-state index contributed by atoms with van der Waals surface area (Å²) in [5.41, 5.74) is -1.05. The van der Waals surface area contributed by atoms with E-state index in [9.17, 15) is 23.2 Å². The lowest BCUT2D eigenvalue weighted by atomic mass is 10.1. The first-order valence-electron chi connectivity index (χ1n) is 10.5. The second-order valence-electron chi connectivity index (χ2n) is 9.12. The third-order valence-corrected chi connectivity index (χ3v) is 10.4. The largest absolute Gasteiger partial charge is 0.387 e. The summed E-state index contributed by atoms with van der Waals surface area (Å²) in [5, 5.41) is 24.9. The standard InChI is InChI=1S/C18H24ClN4O8PS/c19-18-21-15(20-10-4-8-3-9(8)5-10)11-1-2-23(16(11)22-18)17-14(25)13(24)12(31-17)6-33(29,30)7-32(26,27)28/h1-2,8-10,12-14,17,24-25H,3-7H2,(H,20,21,22)(H2,26,27,28)/t8?,9?,10?,12-,13-,14-,17-/m1/s1. The number of nitrogens with one attached hydrogen (secondary N) is 1. The summed E-state index contributed by atoms with van der Waals surface area (Å²) < 4.78 is 42.4. The molecule has 0 bridgehead atoms. The summed E-state index contributed by atoms with van der Waals surface area (Å²) in [4.78, 5) is 26.5. The SMILES string of the molecule is O=P(O)(O)CS(=O)(=O)C[C@H]1O[C@@H](n2ccc3c(NC4CC5CC5C4)nc(Cl)nc32)[C@H](O)[C@@H]1O. The number of sulfone groups is 1. The van der Waals surface area contributed by atoms with Crippen molar-refractivity contribution in [3.05, 3.63) is 17.5 Å². The van der Waals surface area contributed by atoms with Crippen LogP contribution >= 0.6 is 19.2 Å². The second kappa shape index (κ2) is 8.13. The van der Waals surface area contributed by atoms with Crippen molar-refractivity contribution in [3.63, 3.8) is 0 Å². The molecule has 3 heterocycles. The molecule has 0 aromatic carbocycles. The lowest BCUT2D eigenvalue weighted by Gasteiger charge is -2.19. The number of fused-ring (bicyclic) bond motifs is 2. The number of aromatic nitrogens is 3. The van der Waals surface area contributed by atoms with E-state index in [2.05, 4.69) is 15.3 Å². The van der Waals surface area contributed by atoms with Crippen LogP contribution in [0.2, 0.25) is 5.28 Å². The van der Waals surface area contributed by atoms with Gasteiger partial charge in [0.1, 0.15) is 29.8 Å². The van der Waals surface area contributed by atoms with Crippen LogP contribution in [0.15, 0.2) is 12.3 Å². The second-order valence-corrected chi connectivity index (χ2v) is 13.6. The van der Waals surface area contributed by atoms with Crippen molar-refractivity contribution in [3.8, 4) is 0 Å². The molecule has 0 radical (unpaired) electrons. The maximum absolute atomic E-state index is 12.1. The minimum atomic E-state index is -4.83. The van der Waals surface area contributed by atoms with Crippen LogP contribution in [0.4, 0.5) is 5.82 Å². The number of aliphatic hydroxyl groups excluding tert-OH is 2. The van der Waals surface area contributed by atoms with E-state index < -0.39 is 53.2 Å². The van der Waals surface area contributed by atoms with E-state index in [-0.39, 0.29) is 11.3 Å². The van der Waals surface area contributed by atoms with Crippen molar-refractivity contribution in [2.45, 2.75) is 49.8 Å². The fraction of sp³-hybridized carbons (Fsp3) is 0.667. The first kappa shape index (κ1) is 23.4. The fourth-order valence-electron chi connectivity index (χ4n) is 5.00. The average Bonchev–Trinajstić information content (AvgIpc) is 2.99. The number of nitrogens with zero attached hydrogens (tertiary/aromatic N) is 3. The smallest absolute Gasteiger partial charge is 0.340 e. The van der Waals surface area contributed by atoms with Gasteiger partial charge in [-0.05, 0) is 48.8 Å². The normalized spacial score (nSPS) is 34.0. The number of aliphatic hydroxyl groups is 2. The maximum Gasteiger partial charge on any atom is 0.340 e. The van der Waals surface area contributed by atoms with E-state index in [1.807, 2.05) is 0 Å². The van der Waals surface area contributed by atoms with Gasteiger partial charge < -0.3 is 34.6 Å². The number of anilines is 1. The Balaban J connectivity index is 1.39. The number of hydrogen-bond donors (Lipinski definition) is 5. The predicted molar refractivity (Wildman–Crippen MR) is 117 cm³/mol. The molecule has 2 aliphatic carbocycles. The van der Waals surface area contributed by atoms with Gasteiger partial charge in [-0.15, -0.1) is 0 Å². The molecular formula is C18H24ClN4O8PS. The first-order valence-corrected chi connectivity index (χ1v) is 14.5. The molecule has 33 heavy (non-hydrogen) atoms. The number of ether oxygens (including phenoxy) is 1. The molecule has 5 rings (SSSR count). The molecule has 5 N–H and O–H groups in total. The van der Waals surface area contributed by atoms with E-state index in [0.717, 1.165) is 24.7 Å². The quantitative estimate of drug-likeness (QED) is 0.251. The molecule has 0 amide bonds. The molecule has 2 unspecified atom stereocenters. The minimum Gasteiger partial charge on any atom is -0.387 e. The summed E-state index contributed by atoms with van der Waals surface area (Å²) in [6, 6.07) is 1.99. The molecule has 3 fully saturated rings. The third kappa shape index (κ3) is 4.78. The van der Waals surface area contributed by atoms with Crippen molar-refractivity contribution in [1.29, 1.82) is 0 Å². The monoisotopic (exact) mass is 522 g/mol. The lowest BCUT2D eigenvalue weighted by Crippen LogP contribution is -2.35. The highest BCUT2D eigenvalue weighted by molar-refractivity contribution is 7.97. The molecule has 0 spiro atoms. The zero-order valence-electron chi connectivity index (χ0n) is 17.2. The van der Waals surface area contributed by atoms with Crippen LogP contribution in [0.5, 0.6) is 0 Å². The van der Waals surface area contributed by atoms with Gasteiger partial charge in [0.25, 0.3) is 0 Å². The molecule has 182 valence electrons. The van der Waals surface area contributed by atoms with E-state index in [1.54, 1.807) is 12.3 Å². The van der Waals surface area contributed by atoms with Crippen molar-refractivity contribution in [2.75, 3.05) is 16.6 Å². The van der Waals surface area contributed by atoms with E-state index in [4.69, 9.17) is 26.1 Å². The van der Waals surface area contributed by atoms with Gasteiger partial charge in [0.05, 0.1) is 11.1 Å². The summed E-state index contributed by atoms with van der Waals surface area (Å²) in [6.07, 6.45) is -0.711. The fourth-order valence-corrected chi connectivity index (χ4v) is 8.42. The topological polar surface area (TPSA) is 184 Å². The summed E-state index contributed by atoms with van der Waals surface area (Å²) in [5.74, 6) is 1.21. The van der Waals surface area contributed by atoms with Gasteiger partial charge in [-0.3, -0.25) is 4.57 Å². The van der Waals surface area contributed by atoms with Crippen LogP contribution in [-0.4, -0.2) is 78.6 Å². The Bertz CT molecular complexity index is 1230. The van der Waals surface area contributed by atoms with Crippen molar-refractivity contribution in [1.82, 2.24) is 14.5 Å². The molecule has 6 atom stereocenters. The molecular weight excluding hydrogens is 499 g/mol. The van der Waals surface area contributed by atoms with Gasteiger partial charge >= 0.3 is 7.60 Å². The van der Waals surface area contributed by atoms with Gasteiger partial charge in [0.2, 0.25) is 5.28 Å². The number of rotatable bonds is 7. The molecule has 12 nitrogen and oxygen atoms in total. The molecule has 1 saturated heterocycles. The Hall–Kier alpha value is -1.31. The third-order valence-electron chi connectivity index (χ3n) is 6.52. The average molecular weight is 523 g/mol. The van der Waals surface area contributed by atoms with Gasteiger partial charge in [-0.2, -0.15) is 4.98 Å². The Morgan fingerprint density at radius 3 is 2.55 bits per heavy atom. The van der Waals surface area contributed by atoms with Crippen molar-refractivity contribution < 1.29 is 37.7 Å². The van der Waals surface area contributed by atoms with E-state index in [1.165, 1.54) is 11.0 Å². The zero-order valence-corrected chi connectivity index (χ0v) is 19.7. The highest BCUT2D eigenvalue weighted by Gasteiger charge is 2.47. The predicted octanol–water partition coefficient (Wildman–Crippen LogP) is 0.464. The van der Waals surface area contributed by atoms with Crippen LogP contribution in [-0.2, 0) is 19.1 Å². The van der Waals surface area contributed by atoms with Crippen LogP contribution < -0.4 is 5.32 Å². The molecule has 2 saturated carbocycles. The molecule has 2 aromatic rings. The first-order chi connectivity index (χ1) is 15.4. The molecule has 3 aliphatic rings. The molecule has 2 aromatic heterocycles. The molecule has 1 aliphatic heterocycles. The highest BCUT2D eigenvalue weighted by Crippen LogP contribution is 2.52. The van der Waals surface area contributed by atoms with Crippen LogP contribution in [0.1, 0.15) is 25.5 Å². The van der Waals surface area contributed by atoms with E-state index in [0.29, 0.717) is 16.9 Å². The maximum atomic E-state index is 12.1.